The summed E-state index contributed by atoms with van der Waals surface area (Å²) in [6, 6.07) is 8.92. The van der Waals surface area contributed by atoms with Crippen LogP contribution in [0.2, 0.25) is 0 Å². The van der Waals surface area contributed by atoms with Gasteiger partial charge in [0, 0.05) is 25.7 Å². The van der Waals surface area contributed by atoms with Crippen LogP contribution in [0.5, 0.6) is 0 Å². The quantitative estimate of drug-likeness (QED) is 0.860. The minimum absolute atomic E-state index is 0.278. The van der Waals surface area contributed by atoms with Gasteiger partial charge >= 0.3 is 7.12 Å². The summed E-state index contributed by atoms with van der Waals surface area (Å²) in [5.74, 6) is 0. The van der Waals surface area contributed by atoms with E-state index in [0.29, 0.717) is 6.04 Å². The summed E-state index contributed by atoms with van der Waals surface area (Å²) in [6.07, 6.45) is 1.10. The number of benzene rings is 1. The van der Waals surface area contributed by atoms with Crippen molar-refractivity contribution in [2.45, 2.75) is 57.9 Å². The molecule has 0 spiro atoms. The van der Waals surface area contributed by atoms with Crippen molar-refractivity contribution in [1.29, 1.82) is 0 Å². The molecule has 2 aliphatic heterocycles. The first-order chi connectivity index (χ1) is 10.3. The van der Waals surface area contributed by atoms with E-state index >= 15 is 0 Å². The lowest BCUT2D eigenvalue weighted by atomic mass is 9.79. The zero-order chi connectivity index (χ0) is 16.0. The molecular weight excluding hydrogens is 275 g/mol. The van der Waals surface area contributed by atoms with Crippen molar-refractivity contribution in [3.8, 4) is 0 Å². The van der Waals surface area contributed by atoms with Crippen LogP contribution in [0.4, 0.5) is 0 Å². The molecule has 2 aliphatic rings. The second kappa shape index (κ2) is 5.64. The highest BCUT2D eigenvalue weighted by Crippen LogP contribution is 2.36. The molecule has 0 aromatic heterocycles. The van der Waals surface area contributed by atoms with Gasteiger partial charge in [0.1, 0.15) is 0 Å². The van der Waals surface area contributed by atoms with E-state index in [9.17, 15) is 0 Å². The van der Waals surface area contributed by atoms with E-state index in [2.05, 4.69) is 56.9 Å². The van der Waals surface area contributed by atoms with E-state index in [1.807, 2.05) is 0 Å². The Kier molecular flexibility index (Phi) is 4.10. The highest BCUT2D eigenvalue weighted by molar-refractivity contribution is 6.62. The summed E-state index contributed by atoms with van der Waals surface area (Å²) in [6.45, 7) is 11.4. The molecule has 2 heterocycles. The number of nitrogens with two attached hydrogens (primary N) is 1. The summed E-state index contributed by atoms with van der Waals surface area (Å²) in [7, 11) is -0.278. The molecule has 1 aromatic carbocycles. The maximum Gasteiger partial charge on any atom is 0.494 e. The molecule has 2 N–H and O–H groups in total. The van der Waals surface area contributed by atoms with Gasteiger partial charge in [0.15, 0.2) is 0 Å². The van der Waals surface area contributed by atoms with Gasteiger partial charge in [0.05, 0.1) is 11.2 Å². The third kappa shape index (κ3) is 3.09. The summed E-state index contributed by atoms with van der Waals surface area (Å²) < 4.78 is 12.2. The Hall–Kier alpha value is -0.875. The predicted octanol–water partition coefficient (Wildman–Crippen LogP) is 1.52. The molecule has 120 valence electrons. The summed E-state index contributed by atoms with van der Waals surface area (Å²) >= 11 is 0. The first-order valence-electron chi connectivity index (χ1n) is 8.19. The van der Waals surface area contributed by atoms with Crippen LogP contribution in [-0.4, -0.2) is 42.4 Å². The van der Waals surface area contributed by atoms with Crippen molar-refractivity contribution >= 4 is 12.6 Å². The number of rotatable bonds is 3. The second-order valence-electron chi connectivity index (χ2n) is 7.61. The fourth-order valence-electron chi connectivity index (χ4n) is 3.02. The van der Waals surface area contributed by atoms with Gasteiger partial charge in [-0.05, 0) is 45.1 Å². The molecular formula is C17H27BN2O2. The highest BCUT2D eigenvalue weighted by Gasteiger charge is 2.51. The van der Waals surface area contributed by atoms with Crippen LogP contribution in [0, 0.1) is 0 Å². The van der Waals surface area contributed by atoms with Crippen molar-refractivity contribution in [3.05, 3.63) is 29.8 Å². The zero-order valence-electron chi connectivity index (χ0n) is 14.1. The van der Waals surface area contributed by atoms with Crippen molar-refractivity contribution < 1.29 is 9.31 Å². The maximum absolute atomic E-state index is 6.09. The molecule has 0 bridgehead atoms. The van der Waals surface area contributed by atoms with E-state index in [4.69, 9.17) is 15.0 Å². The predicted molar refractivity (Wildman–Crippen MR) is 90.0 cm³/mol. The van der Waals surface area contributed by atoms with Gasteiger partial charge in [-0.1, -0.05) is 24.3 Å². The van der Waals surface area contributed by atoms with E-state index in [-0.39, 0.29) is 18.3 Å². The van der Waals surface area contributed by atoms with Crippen molar-refractivity contribution in [2.75, 3.05) is 13.1 Å². The topological polar surface area (TPSA) is 47.7 Å². The maximum atomic E-state index is 6.09. The van der Waals surface area contributed by atoms with Crippen molar-refractivity contribution in [3.63, 3.8) is 0 Å². The van der Waals surface area contributed by atoms with E-state index in [1.165, 1.54) is 5.56 Å². The van der Waals surface area contributed by atoms with E-state index in [0.717, 1.165) is 31.5 Å². The molecule has 3 rings (SSSR count). The Morgan fingerprint density at radius 2 is 1.73 bits per heavy atom. The smallest absolute Gasteiger partial charge is 0.399 e. The van der Waals surface area contributed by atoms with Crippen LogP contribution < -0.4 is 11.2 Å². The van der Waals surface area contributed by atoms with Crippen LogP contribution in [-0.2, 0) is 15.9 Å². The van der Waals surface area contributed by atoms with Crippen LogP contribution in [0.1, 0.15) is 39.7 Å². The Bertz CT molecular complexity index is 514. The average Bonchev–Trinajstić information content (AvgIpc) is 2.92. The van der Waals surface area contributed by atoms with Gasteiger partial charge in [-0.3, -0.25) is 4.90 Å². The molecule has 0 radical (unpaired) electrons. The molecule has 2 saturated heterocycles. The first kappa shape index (κ1) is 16.0. The standard InChI is InChI=1S/C17H27BN2O2/c1-16(2)17(3,4)22-18(21-16)14-7-5-13(6-8-14)11-20-10-9-15(19)12-20/h5-8,15H,9-12,19H2,1-4H3. The van der Waals surface area contributed by atoms with E-state index < -0.39 is 0 Å². The Labute approximate surface area is 134 Å². The van der Waals surface area contributed by atoms with Gasteiger partial charge in [-0.25, -0.2) is 0 Å². The lowest BCUT2D eigenvalue weighted by molar-refractivity contribution is 0.00578. The monoisotopic (exact) mass is 302 g/mol. The van der Waals surface area contributed by atoms with Crippen molar-refractivity contribution in [2.24, 2.45) is 5.73 Å². The third-order valence-corrected chi connectivity index (χ3v) is 5.22. The minimum Gasteiger partial charge on any atom is -0.399 e. The Balaban J connectivity index is 1.65. The van der Waals surface area contributed by atoms with E-state index in [1.54, 1.807) is 0 Å². The lowest BCUT2D eigenvalue weighted by Crippen LogP contribution is -2.41. The Morgan fingerprint density at radius 1 is 1.14 bits per heavy atom. The molecule has 0 saturated carbocycles. The van der Waals surface area contributed by atoms with Crippen LogP contribution in [0.25, 0.3) is 0 Å². The number of likely N-dealkylation sites (tertiary alicyclic amines) is 1. The Morgan fingerprint density at radius 3 is 2.23 bits per heavy atom. The third-order valence-electron chi connectivity index (χ3n) is 5.22. The second-order valence-corrected chi connectivity index (χ2v) is 7.61. The number of hydrogen-bond donors (Lipinski definition) is 1. The zero-order valence-corrected chi connectivity index (χ0v) is 14.1. The number of hydrogen-bond acceptors (Lipinski definition) is 4. The van der Waals surface area contributed by atoms with Crippen LogP contribution in [0.15, 0.2) is 24.3 Å². The van der Waals surface area contributed by atoms with Crippen molar-refractivity contribution in [1.82, 2.24) is 4.90 Å². The summed E-state index contributed by atoms with van der Waals surface area (Å²) in [5, 5.41) is 0. The van der Waals surface area contributed by atoms with Crippen LogP contribution in [0.3, 0.4) is 0 Å². The largest absolute Gasteiger partial charge is 0.494 e. The summed E-state index contributed by atoms with van der Waals surface area (Å²) in [4.78, 5) is 2.41. The van der Waals surface area contributed by atoms with Gasteiger partial charge in [-0.2, -0.15) is 0 Å². The van der Waals surface area contributed by atoms with Gasteiger partial charge in [0.25, 0.3) is 0 Å². The molecule has 1 unspecified atom stereocenters. The van der Waals surface area contributed by atoms with Gasteiger partial charge < -0.3 is 15.0 Å². The normalized spacial score (nSPS) is 27.5. The molecule has 4 nitrogen and oxygen atoms in total. The molecule has 1 aromatic rings. The molecule has 0 aliphatic carbocycles. The average molecular weight is 302 g/mol. The fourth-order valence-corrected chi connectivity index (χ4v) is 3.02. The van der Waals surface area contributed by atoms with Gasteiger partial charge in [0.2, 0.25) is 0 Å². The molecule has 22 heavy (non-hydrogen) atoms. The molecule has 5 heteroatoms. The van der Waals surface area contributed by atoms with Gasteiger partial charge in [-0.15, -0.1) is 0 Å². The number of nitrogens with zero attached hydrogens (tertiary/aromatic N) is 1. The first-order valence-corrected chi connectivity index (χ1v) is 8.19. The summed E-state index contributed by atoms with van der Waals surface area (Å²) in [5.41, 5.74) is 7.78. The lowest BCUT2D eigenvalue weighted by Gasteiger charge is -2.32. The van der Waals surface area contributed by atoms with Crippen LogP contribution >= 0.6 is 0 Å². The fraction of sp³-hybridized carbons (Fsp3) is 0.647. The SMILES string of the molecule is CC1(C)OB(c2ccc(CN3CCC(N)C3)cc2)OC1(C)C. The molecule has 0 amide bonds. The molecule has 1 atom stereocenters. The highest BCUT2D eigenvalue weighted by atomic mass is 16.7. The minimum atomic E-state index is -0.290. The molecule has 2 fully saturated rings.